The zero-order valence-corrected chi connectivity index (χ0v) is 20.2. The molecule has 5 rings (SSSR count). The van der Waals surface area contributed by atoms with E-state index in [2.05, 4.69) is 56.8 Å². The fourth-order valence-electron chi connectivity index (χ4n) is 4.58. The van der Waals surface area contributed by atoms with Crippen LogP contribution < -0.4 is 10.2 Å². The molecule has 0 saturated carbocycles. The molecule has 1 saturated heterocycles. The SMILES string of the molecule is Cc1ccc(-n2c(C)cc([C@@H]3[C@@H](c4ccccn4)NC(=S)N3c3ccc(Cl)cc3)c2C)nc1. The second kappa shape index (κ2) is 8.61. The number of hydrogen-bond acceptors (Lipinski definition) is 3. The molecule has 5 nitrogen and oxygen atoms in total. The molecule has 0 aliphatic carbocycles. The van der Waals surface area contributed by atoms with Crippen LogP contribution in [-0.2, 0) is 0 Å². The van der Waals surface area contributed by atoms with E-state index in [0.717, 1.165) is 34.2 Å². The van der Waals surface area contributed by atoms with Crippen molar-refractivity contribution in [3.63, 3.8) is 0 Å². The van der Waals surface area contributed by atoms with Crippen molar-refractivity contribution >= 4 is 34.6 Å². The second-order valence-electron chi connectivity index (χ2n) is 8.33. The van der Waals surface area contributed by atoms with Crippen LogP contribution in [0.5, 0.6) is 0 Å². The Morgan fingerprint density at radius 3 is 2.42 bits per heavy atom. The molecule has 0 unspecified atom stereocenters. The Balaban J connectivity index is 1.67. The summed E-state index contributed by atoms with van der Waals surface area (Å²) in [5.41, 5.74) is 6.48. The lowest BCUT2D eigenvalue weighted by atomic mass is 9.96. The van der Waals surface area contributed by atoms with Gasteiger partial charge in [0.1, 0.15) is 5.82 Å². The van der Waals surface area contributed by atoms with Gasteiger partial charge in [-0.05, 0) is 92.6 Å². The van der Waals surface area contributed by atoms with E-state index in [9.17, 15) is 0 Å². The number of nitrogens with zero attached hydrogens (tertiary/aromatic N) is 4. The Kier molecular flexibility index (Phi) is 5.64. The van der Waals surface area contributed by atoms with Gasteiger partial charge >= 0.3 is 0 Å². The van der Waals surface area contributed by atoms with Crippen LogP contribution in [0.1, 0.15) is 40.3 Å². The van der Waals surface area contributed by atoms with Crippen molar-refractivity contribution in [2.24, 2.45) is 0 Å². The van der Waals surface area contributed by atoms with Gasteiger partial charge in [-0.3, -0.25) is 4.98 Å². The lowest BCUT2D eigenvalue weighted by Crippen LogP contribution is -2.29. The van der Waals surface area contributed by atoms with Crippen molar-refractivity contribution < 1.29 is 0 Å². The maximum Gasteiger partial charge on any atom is 0.174 e. The van der Waals surface area contributed by atoms with Gasteiger partial charge < -0.3 is 14.8 Å². The van der Waals surface area contributed by atoms with Crippen molar-refractivity contribution in [2.45, 2.75) is 32.9 Å². The van der Waals surface area contributed by atoms with Crippen molar-refractivity contribution in [3.8, 4) is 5.82 Å². The molecule has 0 spiro atoms. The molecule has 1 aliphatic rings. The van der Waals surface area contributed by atoms with Crippen LogP contribution >= 0.6 is 23.8 Å². The molecular formula is C26H24ClN5S. The maximum absolute atomic E-state index is 6.17. The molecule has 1 fully saturated rings. The predicted molar refractivity (Wildman–Crippen MR) is 137 cm³/mol. The molecule has 1 aliphatic heterocycles. The smallest absolute Gasteiger partial charge is 0.174 e. The third-order valence-electron chi connectivity index (χ3n) is 6.12. The third kappa shape index (κ3) is 3.90. The first-order valence-corrected chi connectivity index (χ1v) is 11.6. The van der Waals surface area contributed by atoms with Crippen LogP contribution in [0.3, 0.4) is 0 Å². The molecule has 4 heterocycles. The summed E-state index contributed by atoms with van der Waals surface area (Å²) >= 11 is 12.0. The summed E-state index contributed by atoms with van der Waals surface area (Å²) in [6.07, 6.45) is 3.72. The van der Waals surface area contributed by atoms with Crippen LogP contribution in [0.4, 0.5) is 5.69 Å². The molecule has 7 heteroatoms. The largest absolute Gasteiger partial charge is 0.351 e. The lowest BCUT2D eigenvalue weighted by molar-refractivity contribution is 0.565. The van der Waals surface area contributed by atoms with E-state index >= 15 is 0 Å². The van der Waals surface area contributed by atoms with Crippen LogP contribution in [0, 0.1) is 20.8 Å². The van der Waals surface area contributed by atoms with Crippen molar-refractivity contribution in [3.05, 3.63) is 106 Å². The normalized spacial score (nSPS) is 17.9. The van der Waals surface area contributed by atoms with Gasteiger partial charge in [0.25, 0.3) is 0 Å². The molecular weight excluding hydrogens is 450 g/mol. The number of benzene rings is 1. The topological polar surface area (TPSA) is 46.0 Å². The molecule has 33 heavy (non-hydrogen) atoms. The Morgan fingerprint density at radius 1 is 0.970 bits per heavy atom. The first-order chi connectivity index (χ1) is 15.9. The van der Waals surface area contributed by atoms with Gasteiger partial charge in [-0.2, -0.15) is 0 Å². The average molecular weight is 474 g/mol. The number of pyridine rings is 2. The van der Waals surface area contributed by atoms with E-state index in [1.165, 1.54) is 5.56 Å². The van der Waals surface area contributed by atoms with Crippen molar-refractivity contribution in [2.75, 3.05) is 4.90 Å². The third-order valence-corrected chi connectivity index (χ3v) is 6.68. The molecule has 4 aromatic rings. The minimum absolute atomic E-state index is 0.0843. The van der Waals surface area contributed by atoms with Gasteiger partial charge in [-0.1, -0.05) is 23.7 Å². The highest BCUT2D eigenvalue weighted by Gasteiger charge is 2.42. The number of hydrogen-bond donors (Lipinski definition) is 1. The highest BCUT2D eigenvalue weighted by atomic mass is 35.5. The Bertz CT molecular complexity index is 1300. The van der Waals surface area contributed by atoms with E-state index in [1.54, 1.807) is 0 Å². The number of aromatic nitrogens is 3. The zero-order chi connectivity index (χ0) is 23.1. The summed E-state index contributed by atoms with van der Waals surface area (Å²) in [4.78, 5) is 11.5. The highest BCUT2D eigenvalue weighted by Crippen LogP contribution is 2.43. The number of anilines is 1. The Labute approximate surface area is 204 Å². The summed E-state index contributed by atoms with van der Waals surface area (Å²) in [6.45, 7) is 6.30. The van der Waals surface area contributed by atoms with Crippen LogP contribution in [0.25, 0.3) is 5.82 Å². The molecule has 0 radical (unpaired) electrons. The van der Waals surface area contributed by atoms with Gasteiger partial charge in [-0.15, -0.1) is 0 Å². The lowest BCUT2D eigenvalue weighted by Gasteiger charge is -2.28. The Morgan fingerprint density at radius 2 is 1.76 bits per heavy atom. The minimum atomic E-state index is -0.102. The van der Waals surface area contributed by atoms with Gasteiger partial charge in [0.05, 0.1) is 17.8 Å². The van der Waals surface area contributed by atoms with Crippen LogP contribution in [0.15, 0.2) is 73.1 Å². The van der Waals surface area contributed by atoms with Crippen molar-refractivity contribution in [1.29, 1.82) is 0 Å². The molecule has 166 valence electrons. The monoisotopic (exact) mass is 473 g/mol. The minimum Gasteiger partial charge on any atom is -0.351 e. The summed E-state index contributed by atoms with van der Waals surface area (Å²) in [7, 11) is 0. The second-order valence-corrected chi connectivity index (χ2v) is 9.15. The molecule has 1 N–H and O–H groups in total. The molecule has 0 bridgehead atoms. The standard InChI is InChI=1S/C26H24ClN5S/c1-16-7-12-23(29-15-16)31-17(2)14-21(18(31)3)25-24(22-6-4-5-13-28-22)30-26(33)32(25)20-10-8-19(27)9-11-20/h4-15,24-25H,1-3H3,(H,30,33)/t24-,25-/m1/s1. The number of rotatable bonds is 4. The summed E-state index contributed by atoms with van der Waals surface area (Å²) < 4.78 is 2.20. The first-order valence-electron chi connectivity index (χ1n) is 10.8. The predicted octanol–water partition coefficient (Wildman–Crippen LogP) is 6.02. The number of halogens is 1. The Hall–Kier alpha value is -3.22. The maximum atomic E-state index is 6.17. The van der Waals surface area contributed by atoms with Crippen molar-refractivity contribution in [1.82, 2.24) is 19.9 Å². The van der Waals surface area contributed by atoms with E-state index in [-0.39, 0.29) is 12.1 Å². The van der Waals surface area contributed by atoms with Gasteiger partial charge in [0.15, 0.2) is 5.11 Å². The number of aryl methyl sites for hydroxylation is 2. The van der Waals surface area contributed by atoms with Crippen LogP contribution in [0.2, 0.25) is 5.02 Å². The summed E-state index contributed by atoms with van der Waals surface area (Å²) in [5.74, 6) is 0.905. The van der Waals surface area contributed by atoms with Gasteiger partial charge in [0.2, 0.25) is 0 Å². The molecule has 1 aromatic carbocycles. The molecule has 2 atom stereocenters. The summed E-state index contributed by atoms with van der Waals surface area (Å²) in [5, 5.41) is 4.88. The zero-order valence-electron chi connectivity index (χ0n) is 18.7. The highest BCUT2D eigenvalue weighted by molar-refractivity contribution is 7.80. The van der Waals surface area contributed by atoms with Gasteiger partial charge in [-0.25, -0.2) is 4.98 Å². The van der Waals surface area contributed by atoms with Crippen LogP contribution in [-0.4, -0.2) is 19.6 Å². The summed E-state index contributed by atoms with van der Waals surface area (Å²) in [6, 6.07) is 20.0. The molecule has 0 amide bonds. The first kappa shape index (κ1) is 21.6. The number of nitrogens with one attached hydrogen (secondary N) is 1. The molecule has 3 aromatic heterocycles. The van der Waals surface area contributed by atoms with E-state index in [1.807, 2.05) is 61.8 Å². The number of thiocarbonyl (C=S) groups is 1. The fourth-order valence-corrected chi connectivity index (χ4v) is 5.05. The quantitative estimate of drug-likeness (QED) is 0.367. The van der Waals surface area contributed by atoms with E-state index < -0.39 is 0 Å². The van der Waals surface area contributed by atoms with E-state index in [4.69, 9.17) is 23.8 Å². The fraction of sp³-hybridized carbons (Fsp3) is 0.192. The van der Waals surface area contributed by atoms with Gasteiger partial charge in [0, 0.05) is 34.5 Å². The average Bonchev–Trinajstić information content (AvgIpc) is 3.31. The van der Waals surface area contributed by atoms with E-state index in [0.29, 0.717) is 10.1 Å².